The lowest BCUT2D eigenvalue weighted by atomic mass is 9.86. The lowest BCUT2D eigenvalue weighted by Crippen LogP contribution is -2.28. The lowest BCUT2D eigenvalue weighted by molar-refractivity contribution is 0.383. The molecule has 0 bridgehead atoms. The van der Waals surface area contributed by atoms with Crippen LogP contribution in [0.1, 0.15) is 23.1 Å². The molecule has 1 aromatic rings. The van der Waals surface area contributed by atoms with Crippen molar-refractivity contribution in [2.75, 3.05) is 14.2 Å². The van der Waals surface area contributed by atoms with E-state index in [-0.39, 0.29) is 18.4 Å². The van der Waals surface area contributed by atoms with Crippen molar-refractivity contribution in [2.24, 2.45) is 5.73 Å². The summed E-state index contributed by atoms with van der Waals surface area (Å²) in [5, 5.41) is 0. The second-order valence-electron chi connectivity index (χ2n) is 4.39. The van der Waals surface area contributed by atoms with Gasteiger partial charge in [0.2, 0.25) is 0 Å². The van der Waals surface area contributed by atoms with Crippen molar-refractivity contribution in [3.63, 3.8) is 0 Å². The van der Waals surface area contributed by atoms with Gasteiger partial charge in [0.1, 0.15) is 11.5 Å². The molecule has 0 aliphatic heterocycles. The molecular weight excluding hydrogens is 238 g/mol. The average Bonchev–Trinajstić information content (AvgIpc) is 2.28. The van der Waals surface area contributed by atoms with Crippen LogP contribution < -0.4 is 15.2 Å². The van der Waals surface area contributed by atoms with Crippen LogP contribution in [0.2, 0.25) is 0 Å². The quantitative estimate of drug-likeness (QED) is 0.884. The van der Waals surface area contributed by atoms with Crippen LogP contribution in [-0.4, -0.2) is 20.3 Å². The summed E-state index contributed by atoms with van der Waals surface area (Å²) in [4.78, 5) is 0. The SMILES string of the molecule is COc1cc(C)c(OC)c2c1CC(N)CC2.Cl. The summed E-state index contributed by atoms with van der Waals surface area (Å²) in [7, 11) is 3.44. The van der Waals surface area contributed by atoms with Gasteiger partial charge in [0, 0.05) is 17.2 Å². The largest absolute Gasteiger partial charge is 0.496 e. The van der Waals surface area contributed by atoms with Crippen LogP contribution in [0.25, 0.3) is 0 Å². The van der Waals surface area contributed by atoms with E-state index in [1.165, 1.54) is 11.1 Å². The molecule has 1 aliphatic carbocycles. The molecule has 1 aliphatic rings. The molecule has 0 aromatic heterocycles. The Balaban J connectivity index is 0.00000144. The summed E-state index contributed by atoms with van der Waals surface area (Å²) < 4.78 is 10.9. The van der Waals surface area contributed by atoms with Crippen LogP contribution in [-0.2, 0) is 12.8 Å². The maximum atomic E-state index is 6.01. The first-order valence-electron chi connectivity index (χ1n) is 5.66. The molecule has 0 saturated carbocycles. The predicted octanol–water partition coefficient (Wildman–Crippen LogP) is 2.25. The fourth-order valence-electron chi connectivity index (χ4n) is 2.52. The first kappa shape index (κ1) is 14.1. The van der Waals surface area contributed by atoms with Crippen LogP contribution in [0.4, 0.5) is 0 Å². The van der Waals surface area contributed by atoms with E-state index >= 15 is 0 Å². The Hall–Kier alpha value is -0.930. The number of nitrogens with two attached hydrogens (primary N) is 1. The van der Waals surface area contributed by atoms with Crippen molar-refractivity contribution in [3.05, 3.63) is 22.8 Å². The molecule has 0 amide bonds. The van der Waals surface area contributed by atoms with Gasteiger partial charge in [0.15, 0.2) is 0 Å². The number of fused-ring (bicyclic) bond motifs is 1. The minimum Gasteiger partial charge on any atom is -0.496 e. The first-order chi connectivity index (χ1) is 7.67. The normalized spacial score (nSPS) is 18.0. The lowest BCUT2D eigenvalue weighted by Gasteiger charge is -2.26. The van der Waals surface area contributed by atoms with Crippen molar-refractivity contribution in [1.82, 2.24) is 0 Å². The Morgan fingerprint density at radius 1 is 1.24 bits per heavy atom. The standard InChI is InChI=1S/C13H19NO2.ClH/c1-8-6-12(15-2)11-7-9(14)4-5-10(11)13(8)16-3;/h6,9H,4-5,7,14H2,1-3H3;1H. The van der Waals surface area contributed by atoms with Crippen molar-refractivity contribution in [2.45, 2.75) is 32.2 Å². The van der Waals surface area contributed by atoms with Crippen molar-refractivity contribution in [3.8, 4) is 11.5 Å². The summed E-state index contributed by atoms with van der Waals surface area (Å²) in [5.74, 6) is 1.95. The van der Waals surface area contributed by atoms with Gasteiger partial charge in [0.25, 0.3) is 0 Å². The van der Waals surface area contributed by atoms with Crippen LogP contribution in [0.15, 0.2) is 6.07 Å². The minimum atomic E-state index is 0. The van der Waals surface area contributed by atoms with E-state index < -0.39 is 0 Å². The van der Waals surface area contributed by atoms with E-state index in [1.807, 2.05) is 6.07 Å². The molecule has 0 heterocycles. The second kappa shape index (κ2) is 5.61. The summed E-state index contributed by atoms with van der Waals surface area (Å²) >= 11 is 0. The fraction of sp³-hybridized carbons (Fsp3) is 0.538. The number of hydrogen-bond acceptors (Lipinski definition) is 3. The molecule has 0 saturated heterocycles. The zero-order valence-electron chi connectivity index (χ0n) is 10.6. The molecule has 4 heteroatoms. The van der Waals surface area contributed by atoms with Gasteiger partial charge in [0.05, 0.1) is 14.2 Å². The molecule has 1 aromatic carbocycles. The second-order valence-corrected chi connectivity index (χ2v) is 4.39. The topological polar surface area (TPSA) is 44.5 Å². The summed E-state index contributed by atoms with van der Waals surface area (Å²) in [6.07, 6.45) is 2.89. The van der Waals surface area contributed by atoms with E-state index in [9.17, 15) is 0 Å². The summed E-state index contributed by atoms with van der Waals surface area (Å²) in [6, 6.07) is 2.28. The van der Waals surface area contributed by atoms with Gasteiger partial charge in [-0.1, -0.05) is 0 Å². The van der Waals surface area contributed by atoms with Gasteiger partial charge in [-0.25, -0.2) is 0 Å². The molecule has 96 valence electrons. The molecule has 2 N–H and O–H groups in total. The Kier molecular flexibility index (Phi) is 4.66. The molecule has 3 nitrogen and oxygen atoms in total. The van der Waals surface area contributed by atoms with Crippen molar-refractivity contribution < 1.29 is 9.47 Å². The van der Waals surface area contributed by atoms with Gasteiger partial charge >= 0.3 is 0 Å². The zero-order valence-corrected chi connectivity index (χ0v) is 11.4. The molecular formula is C13H20ClNO2. The highest BCUT2D eigenvalue weighted by Gasteiger charge is 2.23. The number of methoxy groups -OCH3 is 2. The van der Waals surface area contributed by atoms with Crippen LogP contribution in [0.3, 0.4) is 0 Å². The molecule has 0 radical (unpaired) electrons. The van der Waals surface area contributed by atoms with Crippen LogP contribution in [0, 0.1) is 6.92 Å². The third-order valence-electron chi connectivity index (χ3n) is 3.30. The number of aryl methyl sites for hydroxylation is 1. The van der Waals surface area contributed by atoms with E-state index in [0.717, 1.165) is 36.3 Å². The maximum Gasteiger partial charge on any atom is 0.125 e. The molecule has 1 atom stereocenters. The summed E-state index contributed by atoms with van der Waals surface area (Å²) in [6.45, 7) is 2.05. The van der Waals surface area contributed by atoms with Gasteiger partial charge in [-0.05, 0) is 37.8 Å². The van der Waals surface area contributed by atoms with Crippen molar-refractivity contribution >= 4 is 12.4 Å². The van der Waals surface area contributed by atoms with E-state index in [0.29, 0.717) is 0 Å². The van der Waals surface area contributed by atoms with Gasteiger partial charge in [-0.3, -0.25) is 0 Å². The molecule has 2 rings (SSSR count). The number of ether oxygens (including phenoxy) is 2. The number of rotatable bonds is 2. The number of hydrogen-bond donors (Lipinski definition) is 1. The Morgan fingerprint density at radius 3 is 2.53 bits per heavy atom. The first-order valence-corrected chi connectivity index (χ1v) is 5.66. The monoisotopic (exact) mass is 257 g/mol. The summed E-state index contributed by atoms with van der Waals surface area (Å²) in [5.41, 5.74) is 9.64. The highest BCUT2D eigenvalue weighted by Crippen LogP contribution is 2.38. The van der Waals surface area contributed by atoms with Gasteiger partial charge < -0.3 is 15.2 Å². The third-order valence-corrected chi connectivity index (χ3v) is 3.30. The molecule has 17 heavy (non-hydrogen) atoms. The average molecular weight is 258 g/mol. The Labute approximate surface area is 109 Å². The minimum absolute atomic E-state index is 0. The predicted molar refractivity (Wildman–Crippen MR) is 71.5 cm³/mol. The van der Waals surface area contributed by atoms with E-state index in [4.69, 9.17) is 15.2 Å². The van der Waals surface area contributed by atoms with Gasteiger partial charge in [-0.15, -0.1) is 12.4 Å². The third kappa shape index (κ3) is 2.50. The van der Waals surface area contributed by atoms with Crippen LogP contribution >= 0.6 is 12.4 Å². The Morgan fingerprint density at radius 2 is 1.94 bits per heavy atom. The van der Waals surface area contributed by atoms with E-state index in [2.05, 4.69) is 6.92 Å². The highest BCUT2D eigenvalue weighted by molar-refractivity contribution is 5.85. The highest BCUT2D eigenvalue weighted by atomic mass is 35.5. The molecule has 0 spiro atoms. The Bertz CT molecular complexity index is 407. The van der Waals surface area contributed by atoms with Crippen molar-refractivity contribution in [1.29, 1.82) is 0 Å². The molecule has 0 fully saturated rings. The van der Waals surface area contributed by atoms with E-state index in [1.54, 1.807) is 14.2 Å². The number of halogens is 1. The van der Waals surface area contributed by atoms with Gasteiger partial charge in [-0.2, -0.15) is 0 Å². The fourth-order valence-corrected chi connectivity index (χ4v) is 2.52. The maximum absolute atomic E-state index is 6.01. The van der Waals surface area contributed by atoms with Crippen LogP contribution in [0.5, 0.6) is 11.5 Å². The zero-order chi connectivity index (χ0) is 11.7. The smallest absolute Gasteiger partial charge is 0.125 e. The number of benzene rings is 1. The molecule has 1 unspecified atom stereocenters.